The van der Waals surface area contributed by atoms with Crippen LogP contribution in [-0.4, -0.2) is 42.6 Å². The van der Waals surface area contributed by atoms with Crippen LogP contribution < -0.4 is 5.32 Å². The van der Waals surface area contributed by atoms with E-state index in [1.165, 1.54) is 0 Å². The number of hydrogen-bond acceptors (Lipinski definition) is 4. The number of rotatable bonds is 4. The van der Waals surface area contributed by atoms with Gasteiger partial charge in [-0.15, -0.1) is 0 Å². The number of anilines is 1. The third-order valence-corrected chi connectivity index (χ3v) is 3.44. The monoisotopic (exact) mass is 287 g/mol. The zero-order chi connectivity index (χ0) is 15.3. The van der Waals surface area contributed by atoms with Crippen LogP contribution in [0.25, 0.3) is 0 Å². The number of ether oxygens (including phenoxy) is 1. The van der Waals surface area contributed by atoms with Crippen molar-refractivity contribution in [3.05, 3.63) is 29.8 Å². The quantitative estimate of drug-likeness (QED) is 0.920. The van der Waals surface area contributed by atoms with Gasteiger partial charge in [0, 0.05) is 31.7 Å². The van der Waals surface area contributed by atoms with Gasteiger partial charge < -0.3 is 10.1 Å². The average molecular weight is 287 g/mol. The van der Waals surface area contributed by atoms with E-state index in [0.717, 1.165) is 19.6 Å². The minimum absolute atomic E-state index is 0.0330. The number of carbonyl (C=O) groups excluding carboxylic acids is 1. The largest absolute Gasteiger partial charge is 0.373 e. The van der Waals surface area contributed by atoms with Crippen LogP contribution in [0.15, 0.2) is 24.3 Å². The van der Waals surface area contributed by atoms with Crippen molar-refractivity contribution in [2.24, 2.45) is 0 Å². The summed E-state index contributed by atoms with van der Waals surface area (Å²) in [6.45, 7) is 7.25. The van der Waals surface area contributed by atoms with E-state index in [2.05, 4.69) is 30.1 Å². The Kier molecular flexibility index (Phi) is 4.94. The molecule has 2 rings (SSSR count). The molecule has 0 aliphatic carbocycles. The van der Waals surface area contributed by atoms with Crippen LogP contribution in [0, 0.1) is 11.3 Å². The normalized spacial score (nSPS) is 18.0. The Bertz CT molecular complexity index is 549. The van der Waals surface area contributed by atoms with Gasteiger partial charge in [-0.2, -0.15) is 5.26 Å². The number of nitrogens with zero attached hydrogens (tertiary/aromatic N) is 2. The maximum atomic E-state index is 12.0. The predicted molar refractivity (Wildman–Crippen MR) is 80.9 cm³/mol. The maximum Gasteiger partial charge on any atom is 0.225 e. The van der Waals surface area contributed by atoms with Crippen molar-refractivity contribution in [3.63, 3.8) is 0 Å². The first-order valence-corrected chi connectivity index (χ1v) is 7.15. The van der Waals surface area contributed by atoms with Gasteiger partial charge in [-0.1, -0.05) is 6.07 Å². The molecule has 1 aromatic rings. The molecule has 0 atom stereocenters. The smallest absolute Gasteiger partial charge is 0.225 e. The Morgan fingerprint density at radius 3 is 3.05 bits per heavy atom. The topological polar surface area (TPSA) is 65.4 Å². The van der Waals surface area contributed by atoms with Gasteiger partial charge in [0.1, 0.15) is 0 Å². The van der Waals surface area contributed by atoms with E-state index >= 15 is 0 Å². The highest BCUT2D eigenvalue weighted by Crippen LogP contribution is 2.16. The number of nitrogens with one attached hydrogen (secondary N) is 1. The van der Waals surface area contributed by atoms with E-state index in [0.29, 0.717) is 24.3 Å². The second-order valence-electron chi connectivity index (χ2n) is 5.88. The van der Waals surface area contributed by atoms with Crippen molar-refractivity contribution in [1.29, 1.82) is 5.26 Å². The summed E-state index contributed by atoms with van der Waals surface area (Å²) in [5, 5.41) is 11.7. The van der Waals surface area contributed by atoms with Crippen molar-refractivity contribution >= 4 is 11.6 Å². The molecule has 5 heteroatoms. The molecule has 1 aliphatic heterocycles. The Morgan fingerprint density at radius 2 is 2.33 bits per heavy atom. The van der Waals surface area contributed by atoms with Crippen molar-refractivity contribution in [2.75, 3.05) is 31.6 Å². The minimum atomic E-state index is -0.143. The van der Waals surface area contributed by atoms with Crippen molar-refractivity contribution < 1.29 is 9.53 Å². The molecule has 1 aliphatic rings. The molecule has 1 fully saturated rings. The number of carbonyl (C=O) groups is 1. The molecule has 0 spiro atoms. The van der Waals surface area contributed by atoms with Crippen molar-refractivity contribution in [3.8, 4) is 6.07 Å². The van der Waals surface area contributed by atoms with E-state index in [-0.39, 0.29) is 11.5 Å². The van der Waals surface area contributed by atoms with Crippen LogP contribution in [0.1, 0.15) is 25.8 Å². The third kappa shape index (κ3) is 4.85. The van der Waals surface area contributed by atoms with E-state index < -0.39 is 0 Å². The summed E-state index contributed by atoms with van der Waals surface area (Å²) in [5.74, 6) is -0.0330. The van der Waals surface area contributed by atoms with Gasteiger partial charge in [0.15, 0.2) is 0 Å². The molecule has 0 unspecified atom stereocenters. The second-order valence-corrected chi connectivity index (χ2v) is 5.88. The minimum Gasteiger partial charge on any atom is -0.373 e. The first-order valence-electron chi connectivity index (χ1n) is 7.15. The number of nitriles is 1. The lowest BCUT2D eigenvalue weighted by molar-refractivity contribution is -0.118. The highest BCUT2D eigenvalue weighted by molar-refractivity contribution is 5.90. The molecule has 0 saturated carbocycles. The standard InChI is InChI=1S/C16H21N3O2/c1-16(2)12-19(8-9-21-16)7-6-15(20)18-14-5-3-4-13(10-14)11-17/h3-5,10H,6-9,12H2,1-2H3,(H,18,20). The van der Waals surface area contributed by atoms with E-state index in [9.17, 15) is 4.79 Å². The molecule has 1 amide bonds. The van der Waals surface area contributed by atoms with Gasteiger partial charge >= 0.3 is 0 Å². The van der Waals surface area contributed by atoms with Crippen LogP contribution in [-0.2, 0) is 9.53 Å². The van der Waals surface area contributed by atoms with Crippen LogP contribution in [0.4, 0.5) is 5.69 Å². The molecule has 0 aromatic heterocycles. The molecule has 5 nitrogen and oxygen atoms in total. The molecule has 112 valence electrons. The lowest BCUT2D eigenvalue weighted by Gasteiger charge is -2.38. The highest BCUT2D eigenvalue weighted by Gasteiger charge is 2.27. The fourth-order valence-electron chi connectivity index (χ4n) is 2.45. The number of morpholine rings is 1. The molecular weight excluding hydrogens is 266 g/mol. The number of benzene rings is 1. The van der Waals surface area contributed by atoms with E-state index in [1.807, 2.05) is 0 Å². The molecule has 1 heterocycles. The molecule has 1 saturated heterocycles. The number of hydrogen-bond donors (Lipinski definition) is 1. The fraction of sp³-hybridized carbons (Fsp3) is 0.500. The van der Waals surface area contributed by atoms with Crippen LogP contribution in [0.3, 0.4) is 0 Å². The van der Waals surface area contributed by atoms with Crippen LogP contribution >= 0.6 is 0 Å². The predicted octanol–water partition coefficient (Wildman–Crippen LogP) is 2.00. The first-order chi connectivity index (χ1) is 9.98. The van der Waals surface area contributed by atoms with Gasteiger partial charge in [0.25, 0.3) is 0 Å². The highest BCUT2D eigenvalue weighted by atomic mass is 16.5. The van der Waals surface area contributed by atoms with Gasteiger partial charge in [0.05, 0.1) is 23.8 Å². The third-order valence-electron chi connectivity index (χ3n) is 3.44. The van der Waals surface area contributed by atoms with Crippen molar-refractivity contribution in [2.45, 2.75) is 25.9 Å². The second kappa shape index (κ2) is 6.70. The molecule has 0 radical (unpaired) electrons. The first kappa shape index (κ1) is 15.5. The fourth-order valence-corrected chi connectivity index (χ4v) is 2.45. The summed E-state index contributed by atoms with van der Waals surface area (Å²) >= 11 is 0. The van der Waals surface area contributed by atoms with E-state index in [1.54, 1.807) is 24.3 Å². The Morgan fingerprint density at radius 1 is 1.52 bits per heavy atom. The zero-order valence-electron chi connectivity index (χ0n) is 12.6. The Labute approximate surface area is 125 Å². The van der Waals surface area contributed by atoms with Crippen molar-refractivity contribution in [1.82, 2.24) is 4.90 Å². The molecule has 21 heavy (non-hydrogen) atoms. The average Bonchev–Trinajstić information content (AvgIpc) is 2.44. The van der Waals surface area contributed by atoms with Gasteiger partial charge in [-0.05, 0) is 32.0 Å². The molecule has 1 N–H and O–H groups in total. The summed E-state index contributed by atoms with van der Waals surface area (Å²) in [6.07, 6.45) is 0.437. The lowest BCUT2D eigenvalue weighted by Crippen LogP contribution is -2.48. The summed E-state index contributed by atoms with van der Waals surface area (Å²) < 4.78 is 5.65. The lowest BCUT2D eigenvalue weighted by atomic mass is 10.1. The Balaban J connectivity index is 1.81. The zero-order valence-corrected chi connectivity index (χ0v) is 12.6. The summed E-state index contributed by atoms with van der Waals surface area (Å²) in [4.78, 5) is 14.2. The number of amides is 1. The van der Waals surface area contributed by atoms with Crippen LogP contribution in [0.5, 0.6) is 0 Å². The molecular formula is C16H21N3O2. The Hall–Kier alpha value is -1.90. The van der Waals surface area contributed by atoms with Crippen LogP contribution in [0.2, 0.25) is 0 Å². The van der Waals surface area contributed by atoms with E-state index in [4.69, 9.17) is 10.00 Å². The maximum absolute atomic E-state index is 12.0. The van der Waals surface area contributed by atoms with Gasteiger partial charge in [0.2, 0.25) is 5.91 Å². The van der Waals surface area contributed by atoms with Gasteiger partial charge in [-0.25, -0.2) is 0 Å². The summed E-state index contributed by atoms with van der Waals surface area (Å²) in [7, 11) is 0. The SMILES string of the molecule is CC1(C)CN(CCC(=O)Nc2cccc(C#N)c2)CCO1. The molecule has 0 bridgehead atoms. The van der Waals surface area contributed by atoms with Gasteiger partial charge in [-0.3, -0.25) is 9.69 Å². The molecule has 1 aromatic carbocycles. The summed E-state index contributed by atoms with van der Waals surface area (Å²) in [6, 6.07) is 9.00. The summed E-state index contributed by atoms with van der Waals surface area (Å²) in [5.41, 5.74) is 1.07.